The SMILES string of the molecule is NC(=O)c1cccc(NC2CCNC3(CCC3)C2)n1. The standard InChI is InChI=1S/C14H20N4O/c15-13(19)11-3-1-4-12(18-11)17-10-5-8-16-14(9-10)6-2-7-14/h1,3-4,10,16H,2,5-9H2,(H2,15,19)(H,17,18). The minimum absolute atomic E-state index is 0.317. The summed E-state index contributed by atoms with van der Waals surface area (Å²) in [5.74, 6) is 0.266. The van der Waals surface area contributed by atoms with Crippen molar-refractivity contribution >= 4 is 11.7 Å². The van der Waals surface area contributed by atoms with Gasteiger partial charge in [-0.2, -0.15) is 0 Å². The Hall–Kier alpha value is -1.62. The van der Waals surface area contributed by atoms with Crippen LogP contribution in [0.3, 0.4) is 0 Å². The predicted molar refractivity (Wildman–Crippen MR) is 74.0 cm³/mol. The zero-order chi connectivity index (χ0) is 13.3. The number of primary amides is 1. The van der Waals surface area contributed by atoms with Crippen LogP contribution >= 0.6 is 0 Å². The number of nitrogens with zero attached hydrogens (tertiary/aromatic N) is 1. The average Bonchev–Trinajstić information content (AvgIpc) is 2.37. The fraction of sp³-hybridized carbons (Fsp3) is 0.571. The molecule has 19 heavy (non-hydrogen) atoms. The van der Waals surface area contributed by atoms with Crippen molar-refractivity contribution < 1.29 is 4.79 Å². The highest BCUT2D eigenvalue weighted by Gasteiger charge is 2.40. The molecule has 0 aromatic carbocycles. The fourth-order valence-electron chi connectivity index (χ4n) is 3.13. The molecule has 2 aliphatic rings. The Labute approximate surface area is 113 Å². The van der Waals surface area contributed by atoms with E-state index in [-0.39, 0.29) is 0 Å². The van der Waals surface area contributed by atoms with Gasteiger partial charge in [0.25, 0.3) is 5.91 Å². The van der Waals surface area contributed by atoms with Gasteiger partial charge in [-0.25, -0.2) is 4.98 Å². The maximum absolute atomic E-state index is 11.1. The van der Waals surface area contributed by atoms with E-state index in [1.54, 1.807) is 6.07 Å². The largest absolute Gasteiger partial charge is 0.367 e. The quantitative estimate of drug-likeness (QED) is 0.764. The van der Waals surface area contributed by atoms with Crippen molar-refractivity contribution in [1.82, 2.24) is 10.3 Å². The molecule has 5 nitrogen and oxygen atoms in total. The number of piperidine rings is 1. The summed E-state index contributed by atoms with van der Waals surface area (Å²) in [6.07, 6.45) is 6.11. The van der Waals surface area contributed by atoms with Crippen molar-refractivity contribution in [2.45, 2.75) is 43.7 Å². The van der Waals surface area contributed by atoms with E-state index in [0.717, 1.165) is 25.2 Å². The maximum atomic E-state index is 11.1. The molecule has 2 heterocycles. The summed E-state index contributed by atoms with van der Waals surface area (Å²) in [7, 11) is 0. The number of anilines is 1. The molecule has 5 heteroatoms. The van der Waals surface area contributed by atoms with E-state index in [2.05, 4.69) is 15.6 Å². The Kier molecular flexibility index (Phi) is 3.14. The van der Waals surface area contributed by atoms with E-state index in [4.69, 9.17) is 5.73 Å². The Morgan fingerprint density at radius 3 is 3.00 bits per heavy atom. The number of rotatable bonds is 3. The van der Waals surface area contributed by atoms with Gasteiger partial charge < -0.3 is 16.4 Å². The van der Waals surface area contributed by atoms with Crippen molar-refractivity contribution in [2.24, 2.45) is 5.73 Å². The Bertz CT molecular complexity index is 484. The molecule has 1 unspecified atom stereocenters. The molecule has 102 valence electrons. The van der Waals surface area contributed by atoms with Crippen LogP contribution in [0.25, 0.3) is 0 Å². The van der Waals surface area contributed by atoms with Crippen LogP contribution < -0.4 is 16.4 Å². The lowest BCUT2D eigenvalue weighted by Crippen LogP contribution is -2.58. The van der Waals surface area contributed by atoms with Crippen LogP contribution in [0.2, 0.25) is 0 Å². The topological polar surface area (TPSA) is 80.0 Å². The molecule has 1 aromatic heterocycles. The number of carbonyl (C=O) groups excluding carboxylic acids is 1. The highest BCUT2D eigenvalue weighted by Crippen LogP contribution is 2.38. The number of pyridine rings is 1. The van der Waals surface area contributed by atoms with Crippen LogP contribution in [0, 0.1) is 0 Å². The lowest BCUT2D eigenvalue weighted by Gasteiger charge is -2.48. The molecule has 1 aliphatic heterocycles. The van der Waals surface area contributed by atoms with Gasteiger partial charge in [0.15, 0.2) is 0 Å². The van der Waals surface area contributed by atoms with Gasteiger partial charge in [0.1, 0.15) is 11.5 Å². The third-order valence-corrected chi connectivity index (χ3v) is 4.29. The second-order valence-electron chi connectivity index (χ2n) is 5.67. The molecule has 1 aliphatic carbocycles. The number of carbonyl (C=O) groups is 1. The molecule has 1 aromatic rings. The number of aromatic nitrogens is 1. The first kappa shape index (κ1) is 12.4. The molecule has 3 rings (SSSR count). The molecule has 1 saturated carbocycles. The summed E-state index contributed by atoms with van der Waals surface area (Å²) in [5, 5.41) is 7.08. The first-order valence-electron chi connectivity index (χ1n) is 6.95. The van der Waals surface area contributed by atoms with E-state index in [1.165, 1.54) is 19.3 Å². The Morgan fingerprint density at radius 1 is 1.47 bits per heavy atom. The van der Waals surface area contributed by atoms with Gasteiger partial charge in [-0.15, -0.1) is 0 Å². The zero-order valence-corrected chi connectivity index (χ0v) is 11.0. The summed E-state index contributed by atoms with van der Waals surface area (Å²) in [5.41, 5.74) is 5.93. The predicted octanol–water partition coefficient (Wildman–Crippen LogP) is 1.27. The van der Waals surface area contributed by atoms with E-state index >= 15 is 0 Å². The molecular weight excluding hydrogens is 240 g/mol. The third kappa shape index (κ3) is 2.56. The lowest BCUT2D eigenvalue weighted by atomic mass is 9.70. The normalized spacial score (nSPS) is 24.7. The number of hydrogen-bond acceptors (Lipinski definition) is 4. The summed E-state index contributed by atoms with van der Waals surface area (Å²) in [6.45, 7) is 1.05. The van der Waals surface area contributed by atoms with Crippen molar-refractivity contribution in [3.05, 3.63) is 23.9 Å². The smallest absolute Gasteiger partial charge is 0.267 e. The molecule has 2 fully saturated rings. The first-order chi connectivity index (χ1) is 9.17. The molecule has 1 atom stereocenters. The highest BCUT2D eigenvalue weighted by molar-refractivity contribution is 5.91. The van der Waals surface area contributed by atoms with Crippen LogP contribution in [-0.4, -0.2) is 29.0 Å². The molecule has 1 spiro atoms. The van der Waals surface area contributed by atoms with Gasteiger partial charge in [0.2, 0.25) is 0 Å². The molecule has 1 amide bonds. The Balaban J connectivity index is 1.67. The van der Waals surface area contributed by atoms with E-state index in [9.17, 15) is 4.79 Å². The van der Waals surface area contributed by atoms with E-state index in [1.807, 2.05) is 12.1 Å². The Morgan fingerprint density at radius 2 is 2.32 bits per heavy atom. The number of nitrogens with two attached hydrogens (primary N) is 1. The third-order valence-electron chi connectivity index (χ3n) is 4.29. The summed E-state index contributed by atoms with van der Waals surface area (Å²) in [4.78, 5) is 15.4. The molecule has 1 saturated heterocycles. The van der Waals surface area contributed by atoms with Crippen LogP contribution in [0.5, 0.6) is 0 Å². The lowest BCUT2D eigenvalue weighted by molar-refractivity contribution is 0.0995. The van der Waals surface area contributed by atoms with E-state index < -0.39 is 5.91 Å². The molecular formula is C14H20N4O. The summed E-state index contributed by atoms with van der Waals surface area (Å²) in [6, 6.07) is 5.78. The minimum atomic E-state index is -0.482. The van der Waals surface area contributed by atoms with Crippen molar-refractivity contribution in [3.63, 3.8) is 0 Å². The van der Waals surface area contributed by atoms with Gasteiger partial charge >= 0.3 is 0 Å². The summed E-state index contributed by atoms with van der Waals surface area (Å²) >= 11 is 0. The molecule has 0 radical (unpaired) electrons. The zero-order valence-electron chi connectivity index (χ0n) is 11.0. The number of hydrogen-bond donors (Lipinski definition) is 3. The number of amides is 1. The first-order valence-corrected chi connectivity index (χ1v) is 6.95. The van der Waals surface area contributed by atoms with Gasteiger partial charge in [-0.1, -0.05) is 6.07 Å². The highest BCUT2D eigenvalue weighted by atomic mass is 16.1. The van der Waals surface area contributed by atoms with Gasteiger partial charge in [-0.3, -0.25) is 4.79 Å². The second kappa shape index (κ2) is 4.81. The molecule has 0 bridgehead atoms. The van der Waals surface area contributed by atoms with Gasteiger partial charge in [0.05, 0.1) is 0 Å². The number of nitrogens with one attached hydrogen (secondary N) is 2. The van der Waals surface area contributed by atoms with Crippen LogP contribution in [0.1, 0.15) is 42.6 Å². The van der Waals surface area contributed by atoms with Gasteiger partial charge in [-0.05, 0) is 50.8 Å². The van der Waals surface area contributed by atoms with Crippen molar-refractivity contribution in [2.75, 3.05) is 11.9 Å². The molecule has 4 N–H and O–H groups in total. The van der Waals surface area contributed by atoms with Crippen LogP contribution in [0.15, 0.2) is 18.2 Å². The fourth-order valence-corrected chi connectivity index (χ4v) is 3.13. The monoisotopic (exact) mass is 260 g/mol. The van der Waals surface area contributed by atoms with Crippen molar-refractivity contribution in [3.8, 4) is 0 Å². The second-order valence-corrected chi connectivity index (χ2v) is 5.67. The maximum Gasteiger partial charge on any atom is 0.267 e. The minimum Gasteiger partial charge on any atom is -0.367 e. The van der Waals surface area contributed by atoms with Crippen molar-refractivity contribution in [1.29, 1.82) is 0 Å². The average molecular weight is 260 g/mol. The van der Waals surface area contributed by atoms with Crippen LogP contribution in [0.4, 0.5) is 5.82 Å². The van der Waals surface area contributed by atoms with Crippen LogP contribution in [-0.2, 0) is 0 Å². The van der Waals surface area contributed by atoms with Gasteiger partial charge in [0, 0.05) is 11.6 Å². The summed E-state index contributed by atoms with van der Waals surface area (Å²) < 4.78 is 0. The van der Waals surface area contributed by atoms with E-state index in [0.29, 0.717) is 17.3 Å².